The molecule has 2 rings (SSSR count). The van der Waals surface area contributed by atoms with Crippen LogP contribution in [0, 0.1) is 5.41 Å². The van der Waals surface area contributed by atoms with E-state index in [1.807, 2.05) is 42.5 Å². The summed E-state index contributed by atoms with van der Waals surface area (Å²) in [6, 6.07) is 10.1. The molecule has 0 amide bonds. The first kappa shape index (κ1) is 12.9. The van der Waals surface area contributed by atoms with Gasteiger partial charge in [-0.15, -0.1) is 0 Å². The number of rotatable bonds is 3. The molecule has 1 saturated carbocycles. The van der Waals surface area contributed by atoms with Crippen molar-refractivity contribution < 1.29 is 9.53 Å². The molecule has 0 atom stereocenters. The van der Waals surface area contributed by atoms with Crippen LogP contribution in [0.2, 0.25) is 0 Å². The van der Waals surface area contributed by atoms with Gasteiger partial charge in [0.25, 0.3) is 0 Å². The molecular formula is C16H20O2. The minimum absolute atomic E-state index is 0.0885. The Labute approximate surface area is 109 Å². The quantitative estimate of drug-likeness (QED) is 0.755. The molecule has 0 unspecified atom stereocenters. The summed E-state index contributed by atoms with van der Waals surface area (Å²) in [5, 5.41) is 0. The van der Waals surface area contributed by atoms with Crippen LogP contribution in [0.15, 0.2) is 36.4 Å². The fourth-order valence-electron chi connectivity index (χ4n) is 2.64. The lowest BCUT2D eigenvalue weighted by molar-refractivity contribution is -0.151. The highest BCUT2D eigenvalue weighted by Crippen LogP contribution is 2.39. The topological polar surface area (TPSA) is 26.3 Å². The molecule has 1 aliphatic rings. The molecule has 18 heavy (non-hydrogen) atoms. The van der Waals surface area contributed by atoms with Crippen LogP contribution in [0.5, 0.6) is 0 Å². The number of ether oxygens (including phenoxy) is 1. The summed E-state index contributed by atoms with van der Waals surface area (Å²) in [7, 11) is 1.48. The second kappa shape index (κ2) is 5.85. The highest BCUT2D eigenvalue weighted by atomic mass is 16.5. The fourth-order valence-corrected chi connectivity index (χ4v) is 2.64. The van der Waals surface area contributed by atoms with E-state index in [1.165, 1.54) is 13.5 Å². The molecule has 1 aliphatic carbocycles. The molecule has 2 heteroatoms. The van der Waals surface area contributed by atoms with Crippen molar-refractivity contribution in [3.05, 3.63) is 42.0 Å². The minimum Gasteiger partial charge on any atom is -0.468 e. The smallest absolute Gasteiger partial charge is 0.315 e. The van der Waals surface area contributed by atoms with Gasteiger partial charge in [-0.1, -0.05) is 61.7 Å². The van der Waals surface area contributed by atoms with Gasteiger partial charge in [-0.05, 0) is 18.4 Å². The Bertz CT molecular complexity index is 414. The van der Waals surface area contributed by atoms with Crippen molar-refractivity contribution in [1.82, 2.24) is 0 Å². The summed E-state index contributed by atoms with van der Waals surface area (Å²) in [5.74, 6) is -0.0885. The molecule has 1 aromatic rings. The average Bonchev–Trinajstić information content (AvgIpc) is 2.46. The molecule has 1 fully saturated rings. The Morgan fingerprint density at radius 2 is 1.83 bits per heavy atom. The van der Waals surface area contributed by atoms with E-state index in [9.17, 15) is 4.79 Å². The van der Waals surface area contributed by atoms with E-state index in [1.54, 1.807) is 0 Å². The SMILES string of the molecule is COC(=O)C1(/C=C/c2ccccc2)CCCCC1. The van der Waals surface area contributed by atoms with Crippen LogP contribution < -0.4 is 0 Å². The van der Waals surface area contributed by atoms with Crippen LogP contribution in [0.4, 0.5) is 0 Å². The number of benzene rings is 1. The average molecular weight is 244 g/mol. The minimum atomic E-state index is -0.400. The summed E-state index contributed by atoms with van der Waals surface area (Å²) < 4.78 is 4.99. The third-order valence-corrected chi connectivity index (χ3v) is 3.73. The first-order valence-electron chi connectivity index (χ1n) is 6.59. The first-order chi connectivity index (χ1) is 8.77. The Morgan fingerprint density at radius 1 is 1.17 bits per heavy atom. The van der Waals surface area contributed by atoms with Crippen molar-refractivity contribution in [2.75, 3.05) is 7.11 Å². The number of methoxy groups -OCH3 is 1. The normalized spacial score (nSPS) is 18.7. The van der Waals surface area contributed by atoms with E-state index in [0.29, 0.717) is 0 Å². The second-order valence-corrected chi connectivity index (χ2v) is 4.95. The predicted octanol–water partition coefficient (Wildman–Crippen LogP) is 3.82. The first-order valence-corrected chi connectivity index (χ1v) is 6.59. The maximum Gasteiger partial charge on any atom is 0.315 e. The van der Waals surface area contributed by atoms with Gasteiger partial charge in [0.2, 0.25) is 0 Å². The number of hydrogen-bond acceptors (Lipinski definition) is 2. The van der Waals surface area contributed by atoms with Crippen molar-refractivity contribution in [3.8, 4) is 0 Å². The summed E-state index contributed by atoms with van der Waals surface area (Å²) in [5.41, 5.74) is 0.731. The summed E-state index contributed by atoms with van der Waals surface area (Å²) >= 11 is 0. The van der Waals surface area contributed by atoms with E-state index in [0.717, 1.165) is 31.2 Å². The van der Waals surface area contributed by atoms with Gasteiger partial charge in [-0.25, -0.2) is 0 Å². The molecule has 0 N–H and O–H groups in total. The Kier molecular flexibility index (Phi) is 4.19. The van der Waals surface area contributed by atoms with Crippen molar-refractivity contribution in [1.29, 1.82) is 0 Å². The van der Waals surface area contributed by atoms with Gasteiger partial charge >= 0.3 is 5.97 Å². The monoisotopic (exact) mass is 244 g/mol. The largest absolute Gasteiger partial charge is 0.468 e. The predicted molar refractivity (Wildman–Crippen MR) is 73.0 cm³/mol. The van der Waals surface area contributed by atoms with Crippen molar-refractivity contribution in [2.45, 2.75) is 32.1 Å². The van der Waals surface area contributed by atoms with Crippen LogP contribution in [0.3, 0.4) is 0 Å². The molecule has 0 aliphatic heterocycles. The standard InChI is InChI=1S/C16H20O2/c1-18-15(17)16(11-6-3-7-12-16)13-10-14-8-4-2-5-9-14/h2,4-5,8-10,13H,3,6-7,11-12H2,1H3/b13-10+. The maximum atomic E-state index is 12.0. The van der Waals surface area contributed by atoms with Gasteiger partial charge in [-0.2, -0.15) is 0 Å². The third-order valence-electron chi connectivity index (χ3n) is 3.73. The van der Waals surface area contributed by atoms with Crippen LogP contribution in [-0.4, -0.2) is 13.1 Å². The van der Waals surface area contributed by atoms with Crippen LogP contribution in [-0.2, 0) is 9.53 Å². The molecule has 0 saturated heterocycles. The van der Waals surface area contributed by atoms with E-state index < -0.39 is 5.41 Å². The lowest BCUT2D eigenvalue weighted by atomic mass is 9.73. The molecule has 1 aromatic carbocycles. The van der Waals surface area contributed by atoms with Crippen LogP contribution >= 0.6 is 0 Å². The second-order valence-electron chi connectivity index (χ2n) is 4.95. The third kappa shape index (κ3) is 2.81. The van der Waals surface area contributed by atoms with Gasteiger partial charge in [0.05, 0.1) is 12.5 Å². The highest BCUT2D eigenvalue weighted by molar-refractivity contribution is 5.80. The molecule has 0 bridgehead atoms. The van der Waals surface area contributed by atoms with Gasteiger partial charge in [0.1, 0.15) is 0 Å². The lowest BCUT2D eigenvalue weighted by Crippen LogP contribution is -2.32. The van der Waals surface area contributed by atoms with Crippen LogP contribution in [0.1, 0.15) is 37.7 Å². The number of hydrogen-bond donors (Lipinski definition) is 0. The highest BCUT2D eigenvalue weighted by Gasteiger charge is 2.37. The summed E-state index contributed by atoms with van der Waals surface area (Å²) in [4.78, 5) is 12.0. The Morgan fingerprint density at radius 3 is 2.44 bits per heavy atom. The zero-order valence-corrected chi connectivity index (χ0v) is 10.9. The van der Waals surface area contributed by atoms with E-state index in [2.05, 4.69) is 0 Å². The molecule has 0 spiro atoms. The maximum absolute atomic E-state index is 12.0. The zero-order valence-electron chi connectivity index (χ0n) is 10.9. The van der Waals surface area contributed by atoms with Crippen LogP contribution in [0.25, 0.3) is 6.08 Å². The fraction of sp³-hybridized carbons (Fsp3) is 0.438. The lowest BCUT2D eigenvalue weighted by Gasteiger charge is -2.31. The van der Waals surface area contributed by atoms with Gasteiger partial charge < -0.3 is 4.74 Å². The van der Waals surface area contributed by atoms with Gasteiger partial charge in [0.15, 0.2) is 0 Å². The number of esters is 1. The summed E-state index contributed by atoms with van der Waals surface area (Å²) in [6.07, 6.45) is 9.34. The van der Waals surface area contributed by atoms with E-state index in [4.69, 9.17) is 4.74 Å². The van der Waals surface area contributed by atoms with E-state index >= 15 is 0 Å². The summed E-state index contributed by atoms with van der Waals surface area (Å²) in [6.45, 7) is 0. The molecule has 0 aromatic heterocycles. The molecule has 0 radical (unpaired) electrons. The van der Waals surface area contributed by atoms with Gasteiger partial charge in [-0.3, -0.25) is 4.79 Å². The Hall–Kier alpha value is -1.57. The van der Waals surface area contributed by atoms with E-state index in [-0.39, 0.29) is 5.97 Å². The molecule has 2 nitrogen and oxygen atoms in total. The van der Waals surface area contributed by atoms with Crippen molar-refractivity contribution in [2.24, 2.45) is 5.41 Å². The number of carbonyl (C=O) groups is 1. The Balaban J connectivity index is 2.20. The number of carbonyl (C=O) groups excluding carboxylic acids is 1. The van der Waals surface area contributed by atoms with Gasteiger partial charge in [0, 0.05) is 0 Å². The molecular weight excluding hydrogens is 224 g/mol. The molecule has 96 valence electrons. The molecule has 0 heterocycles. The van der Waals surface area contributed by atoms with Crippen molar-refractivity contribution >= 4 is 12.0 Å². The zero-order chi connectivity index (χ0) is 12.8. The van der Waals surface area contributed by atoms with Crippen molar-refractivity contribution in [3.63, 3.8) is 0 Å².